The molecule has 0 bridgehead atoms. The normalized spacial score (nSPS) is 11.5. The maximum atomic E-state index is 6.15. The zero-order valence-electron chi connectivity index (χ0n) is 10.0. The Kier molecular flexibility index (Phi) is 3.70. The molecule has 1 aromatic rings. The summed E-state index contributed by atoms with van der Waals surface area (Å²) in [4.78, 5) is 0. The van der Waals surface area contributed by atoms with Crippen LogP contribution in [0.1, 0.15) is 38.3 Å². The van der Waals surface area contributed by atoms with Gasteiger partial charge in [0.15, 0.2) is 0 Å². The van der Waals surface area contributed by atoms with Crippen molar-refractivity contribution in [3.8, 4) is 0 Å². The maximum Gasteiger partial charge on any atom is 0.0355 e. The van der Waals surface area contributed by atoms with Crippen LogP contribution in [0.5, 0.6) is 0 Å². The monoisotopic (exact) mass is 203 g/mol. The van der Waals surface area contributed by atoms with E-state index in [2.05, 4.69) is 31.7 Å². The molecule has 2 N–H and O–H groups in total. The molecule has 1 nitrogen and oxygen atoms in total. The van der Waals surface area contributed by atoms with Crippen LogP contribution in [0.2, 0.25) is 0 Å². The Morgan fingerprint density at radius 3 is 2.47 bits per heavy atom. The number of benzene rings is 1. The molecule has 0 atom stereocenters. The zero-order chi connectivity index (χ0) is 11.5. The van der Waals surface area contributed by atoms with Gasteiger partial charge in [-0.2, -0.15) is 0 Å². The van der Waals surface area contributed by atoms with Crippen LogP contribution in [0.3, 0.4) is 0 Å². The van der Waals surface area contributed by atoms with Crippen LogP contribution in [0, 0.1) is 0 Å². The number of nitrogens with two attached hydrogens (primary N) is 1. The summed E-state index contributed by atoms with van der Waals surface area (Å²) >= 11 is 0. The van der Waals surface area contributed by atoms with Gasteiger partial charge in [0.25, 0.3) is 0 Å². The molecule has 1 aromatic carbocycles. The first kappa shape index (κ1) is 12.0. The molecular formula is C14H21N. The van der Waals surface area contributed by atoms with Crippen molar-refractivity contribution in [3.63, 3.8) is 0 Å². The summed E-state index contributed by atoms with van der Waals surface area (Å²) < 4.78 is 0. The standard InChI is InChI=1S/C14H21N/c1-5-11(2)10-12-8-6-7-9-13(12)14(3,4)15/h6-9H,2,5,10,15H2,1,3-4H3. The second kappa shape index (κ2) is 4.63. The highest BCUT2D eigenvalue weighted by molar-refractivity contribution is 5.35. The van der Waals surface area contributed by atoms with Crippen LogP contribution < -0.4 is 5.73 Å². The first-order valence-electron chi connectivity index (χ1n) is 5.49. The van der Waals surface area contributed by atoms with Crippen molar-refractivity contribution in [1.82, 2.24) is 0 Å². The Morgan fingerprint density at radius 1 is 1.33 bits per heavy atom. The summed E-state index contributed by atoms with van der Waals surface area (Å²) in [6, 6.07) is 8.36. The first-order chi connectivity index (χ1) is 6.95. The van der Waals surface area contributed by atoms with E-state index in [9.17, 15) is 0 Å². The van der Waals surface area contributed by atoms with Crippen molar-refractivity contribution in [1.29, 1.82) is 0 Å². The fraction of sp³-hybridized carbons (Fsp3) is 0.429. The van der Waals surface area contributed by atoms with Crippen LogP contribution in [0.15, 0.2) is 36.4 Å². The van der Waals surface area contributed by atoms with Crippen LogP contribution >= 0.6 is 0 Å². The predicted octanol–water partition coefficient (Wildman–Crippen LogP) is 3.39. The van der Waals surface area contributed by atoms with Gasteiger partial charge in [0.05, 0.1) is 0 Å². The van der Waals surface area contributed by atoms with Crippen molar-refractivity contribution in [2.75, 3.05) is 0 Å². The predicted molar refractivity (Wildman–Crippen MR) is 66.8 cm³/mol. The lowest BCUT2D eigenvalue weighted by atomic mass is 9.88. The van der Waals surface area contributed by atoms with E-state index in [0.29, 0.717) is 0 Å². The summed E-state index contributed by atoms with van der Waals surface area (Å²) in [5.74, 6) is 0. The molecule has 0 aliphatic rings. The summed E-state index contributed by atoms with van der Waals surface area (Å²) in [6.45, 7) is 10.3. The number of allylic oxidation sites excluding steroid dienone is 1. The third kappa shape index (κ3) is 3.21. The van der Waals surface area contributed by atoms with Gasteiger partial charge in [-0.15, -0.1) is 0 Å². The lowest BCUT2D eigenvalue weighted by molar-refractivity contribution is 0.549. The fourth-order valence-electron chi connectivity index (χ4n) is 1.70. The zero-order valence-corrected chi connectivity index (χ0v) is 10.0. The van der Waals surface area contributed by atoms with E-state index < -0.39 is 0 Å². The molecule has 0 fully saturated rings. The number of hydrogen-bond donors (Lipinski definition) is 1. The highest BCUT2D eigenvalue weighted by Gasteiger charge is 2.17. The lowest BCUT2D eigenvalue weighted by Crippen LogP contribution is -2.30. The second-order valence-electron chi connectivity index (χ2n) is 4.66. The topological polar surface area (TPSA) is 26.0 Å². The summed E-state index contributed by atoms with van der Waals surface area (Å²) in [5, 5.41) is 0. The van der Waals surface area contributed by atoms with Gasteiger partial charge in [-0.1, -0.05) is 43.3 Å². The molecule has 0 spiro atoms. The van der Waals surface area contributed by atoms with Crippen LogP contribution in [0.25, 0.3) is 0 Å². The van der Waals surface area contributed by atoms with Crippen molar-refractivity contribution >= 4 is 0 Å². The van der Waals surface area contributed by atoms with Crippen molar-refractivity contribution in [3.05, 3.63) is 47.5 Å². The first-order valence-corrected chi connectivity index (χ1v) is 5.49. The second-order valence-corrected chi connectivity index (χ2v) is 4.66. The van der Waals surface area contributed by atoms with Gasteiger partial charge in [0.2, 0.25) is 0 Å². The Labute approximate surface area is 93.0 Å². The molecule has 0 saturated heterocycles. The molecule has 0 aliphatic heterocycles. The van der Waals surface area contributed by atoms with Gasteiger partial charge < -0.3 is 5.73 Å². The third-order valence-corrected chi connectivity index (χ3v) is 2.65. The average Bonchev–Trinajstić information content (AvgIpc) is 2.17. The van der Waals surface area contributed by atoms with Gasteiger partial charge in [0.1, 0.15) is 0 Å². The SMILES string of the molecule is C=C(CC)Cc1ccccc1C(C)(C)N. The summed E-state index contributed by atoms with van der Waals surface area (Å²) in [6.07, 6.45) is 1.96. The van der Waals surface area contributed by atoms with E-state index in [1.54, 1.807) is 0 Å². The molecule has 0 unspecified atom stereocenters. The summed E-state index contributed by atoms with van der Waals surface area (Å²) in [7, 11) is 0. The van der Waals surface area contributed by atoms with Crippen molar-refractivity contribution in [2.24, 2.45) is 5.73 Å². The third-order valence-electron chi connectivity index (χ3n) is 2.65. The minimum absolute atomic E-state index is 0.273. The van der Waals surface area contributed by atoms with Crippen molar-refractivity contribution < 1.29 is 0 Å². The van der Waals surface area contributed by atoms with Gasteiger partial charge in [-0.25, -0.2) is 0 Å². The molecule has 1 heteroatoms. The Morgan fingerprint density at radius 2 is 1.93 bits per heavy atom. The maximum absolute atomic E-state index is 6.15. The van der Waals surface area contributed by atoms with Crippen LogP contribution in [0.4, 0.5) is 0 Å². The molecule has 0 aromatic heterocycles. The molecule has 0 amide bonds. The van der Waals surface area contributed by atoms with E-state index in [0.717, 1.165) is 12.8 Å². The Hall–Kier alpha value is -1.08. The quantitative estimate of drug-likeness (QED) is 0.746. The fourth-order valence-corrected chi connectivity index (χ4v) is 1.70. The van der Waals surface area contributed by atoms with Gasteiger partial charge in [-0.05, 0) is 37.8 Å². The lowest BCUT2D eigenvalue weighted by Gasteiger charge is -2.23. The molecule has 0 radical (unpaired) electrons. The van der Waals surface area contributed by atoms with Gasteiger partial charge in [-0.3, -0.25) is 0 Å². The van der Waals surface area contributed by atoms with Gasteiger partial charge in [0, 0.05) is 5.54 Å². The smallest absolute Gasteiger partial charge is 0.0355 e. The van der Waals surface area contributed by atoms with E-state index in [4.69, 9.17) is 5.73 Å². The van der Waals surface area contributed by atoms with E-state index in [1.165, 1.54) is 16.7 Å². The number of rotatable bonds is 4. The van der Waals surface area contributed by atoms with Crippen molar-refractivity contribution in [2.45, 2.75) is 39.2 Å². The molecule has 0 heterocycles. The summed E-state index contributed by atoms with van der Waals surface area (Å²) in [5.41, 5.74) is 9.65. The number of hydrogen-bond acceptors (Lipinski definition) is 1. The Balaban J connectivity index is 3.02. The molecule has 0 saturated carbocycles. The largest absolute Gasteiger partial charge is 0.322 e. The average molecular weight is 203 g/mol. The molecular weight excluding hydrogens is 182 g/mol. The molecule has 0 aliphatic carbocycles. The van der Waals surface area contributed by atoms with E-state index in [-0.39, 0.29) is 5.54 Å². The van der Waals surface area contributed by atoms with Gasteiger partial charge >= 0.3 is 0 Å². The van der Waals surface area contributed by atoms with E-state index >= 15 is 0 Å². The Bertz CT molecular complexity index is 345. The highest BCUT2D eigenvalue weighted by atomic mass is 14.7. The highest BCUT2D eigenvalue weighted by Crippen LogP contribution is 2.23. The van der Waals surface area contributed by atoms with Crippen LogP contribution in [-0.4, -0.2) is 0 Å². The molecule has 82 valence electrons. The molecule has 15 heavy (non-hydrogen) atoms. The van der Waals surface area contributed by atoms with E-state index in [1.807, 2.05) is 19.9 Å². The minimum atomic E-state index is -0.273. The van der Waals surface area contributed by atoms with Crippen LogP contribution in [-0.2, 0) is 12.0 Å². The molecule has 1 rings (SSSR count). The minimum Gasteiger partial charge on any atom is -0.322 e.